The molecule has 0 bridgehead atoms. The van der Waals surface area contributed by atoms with Gasteiger partial charge in [0.15, 0.2) is 0 Å². The lowest BCUT2D eigenvalue weighted by atomic mass is 9.99. The number of alkyl halides is 1. The Labute approximate surface area is 102 Å². The number of carbonyl (C=O) groups excluding carboxylic acids is 2. The van der Waals surface area contributed by atoms with Crippen LogP contribution in [0, 0.1) is 5.92 Å². The third-order valence-corrected chi connectivity index (χ3v) is 2.71. The van der Waals surface area contributed by atoms with Gasteiger partial charge in [0.1, 0.15) is 5.88 Å². The van der Waals surface area contributed by atoms with E-state index in [1.165, 1.54) is 6.42 Å². The first-order valence-electron chi connectivity index (χ1n) is 5.77. The van der Waals surface area contributed by atoms with Crippen LogP contribution in [-0.4, -0.2) is 24.4 Å². The maximum atomic E-state index is 11.2. The molecule has 4 nitrogen and oxygen atoms in total. The van der Waals surface area contributed by atoms with Gasteiger partial charge in [0.05, 0.1) is 0 Å². The van der Waals surface area contributed by atoms with Gasteiger partial charge in [0, 0.05) is 6.54 Å². The zero-order chi connectivity index (χ0) is 12.4. The topological polar surface area (TPSA) is 58.2 Å². The summed E-state index contributed by atoms with van der Waals surface area (Å²) >= 11 is 5.26. The maximum Gasteiger partial charge on any atom is 0.321 e. The van der Waals surface area contributed by atoms with E-state index in [2.05, 4.69) is 24.5 Å². The molecule has 1 atom stereocenters. The van der Waals surface area contributed by atoms with E-state index in [-0.39, 0.29) is 5.88 Å². The summed E-state index contributed by atoms with van der Waals surface area (Å²) in [6, 6.07) is -0.458. The molecule has 0 saturated heterocycles. The van der Waals surface area contributed by atoms with Crippen LogP contribution in [0.5, 0.6) is 0 Å². The van der Waals surface area contributed by atoms with E-state index in [1.807, 2.05) is 0 Å². The lowest BCUT2D eigenvalue weighted by molar-refractivity contribution is -0.117. The van der Waals surface area contributed by atoms with E-state index >= 15 is 0 Å². The van der Waals surface area contributed by atoms with Gasteiger partial charge < -0.3 is 5.32 Å². The molecule has 1 unspecified atom stereocenters. The zero-order valence-corrected chi connectivity index (χ0v) is 10.8. The fourth-order valence-electron chi connectivity index (χ4n) is 1.38. The Morgan fingerprint density at radius 2 is 2.00 bits per heavy atom. The summed E-state index contributed by atoms with van der Waals surface area (Å²) in [6.07, 6.45) is 4.47. The molecule has 0 spiro atoms. The highest BCUT2D eigenvalue weighted by Gasteiger charge is 2.09. The lowest BCUT2D eigenvalue weighted by Crippen LogP contribution is -2.41. The minimum atomic E-state index is -0.472. The predicted octanol–water partition coefficient (Wildman–Crippen LogP) is 2.27. The van der Waals surface area contributed by atoms with Gasteiger partial charge in [0.25, 0.3) is 0 Å². The second-order valence-corrected chi connectivity index (χ2v) is 4.08. The van der Waals surface area contributed by atoms with E-state index in [4.69, 9.17) is 11.6 Å². The van der Waals surface area contributed by atoms with Gasteiger partial charge >= 0.3 is 6.03 Å². The van der Waals surface area contributed by atoms with E-state index in [0.29, 0.717) is 12.5 Å². The van der Waals surface area contributed by atoms with Gasteiger partial charge in [-0.1, -0.05) is 33.1 Å². The minimum absolute atomic E-state index is 0.194. The number of carbonyl (C=O) groups is 2. The molecule has 0 rings (SSSR count). The molecule has 0 fully saturated rings. The number of halogens is 1. The average molecular weight is 249 g/mol. The second kappa shape index (κ2) is 9.46. The Morgan fingerprint density at radius 1 is 1.31 bits per heavy atom. The first kappa shape index (κ1) is 15.2. The van der Waals surface area contributed by atoms with Crippen molar-refractivity contribution in [3.63, 3.8) is 0 Å². The number of imide groups is 1. The van der Waals surface area contributed by atoms with Crippen LogP contribution in [-0.2, 0) is 4.79 Å². The number of unbranched alkanes of at least 4 members (excludes halogenated alkanes) is 1. The van der Waals surface area contributed by atoms with Crippen molar-refractivity contribution in [2.45, 2.75) is 39.5 Å². The van der Waals surface area contributed by atoms with Crippen LogP contribution in [0.25, 0.3) is 0 Å². The van der Waals surface area contributed by atoms with Crippen LogP contribution in [0.3, 0.4) is 0 Å². The average Bonchev–Trinajstić information content (AvgIpc) is 2.29. The maximum absolute atomic E-state index is 11.2. The highest BCUT2D eigenvalue weighted by molar-refractivity contribution is 6.28. The molecule has 5 heteroatoms. The first-order chi connectivity index (χ1) is 7.63. The van der Waals surface area contributed by atoms with Gasteiger partial charge in [-0.15, -0.1) is 11.6 Å². The van der Waals surface area contributed by atoms with Crippen LogP contribution in [0.4, 0.5) is 4.79 Å². The van der Waals surface area contributed by atoms with Gasteiger partial charge in [-0.05, 0) is 12.3 Å². The molecule has 0 saturated carbocycles. The smallest absolute Gasteiger partial charge is 0.321 e. The highest BCUT2D eigenvalue weighted by Crippen LogP contribution is 2.10. The van der Waals surface area contributed by atoms with E-state index in [0.717, 1.165) is 19.3 Å². The van der Waals surface area contributed by atoms with Crippen LogP contribution in [0.1, 0.15) is 39.5 Å². The Morgan fingerprint density at radius 3 is 2.50 bits per heavy atom. The van der Waals surface area contributed by atoms with Crippen molar-refractivity contribution in [1.82, 2.24) is 10.6 Å². The molecule has 0 aromatic heterocycles. The molecule has 3 amide bonds. The Kier molecular flexibility index (Phi) is 9.00. The zero-order valence-electron chi connectivity index (χ0n) is 10.0. The third-order valence-electron chi connectivity index (χ3n) is 2.47. The summed E-state index contributed by atoms with van der Waals surface area (Å²) in [5.41, 5.74) is 0. The van der Waals surface area contributed by atoms with Gasteiger partial charge in [-0.3, -0.25) is 10.1 Å². The number of hydrogen-bond donors (Lipinski definition) is 2. The fourth-order valence-corrected chi connectivity index (χ4v) is 1.45. The molecule has 0 aromatic carbocycles. The van der Waals surface area contributed by atoms with E-state index in [1.54, 1.807) is 0 Å². The number of rotatable bonds is 7. The fraction of sp³-hybridized carbons (Fsp3) is 0.818. The first-order valence-corrected chi connectivity index (χ1v) is 6.31. The summed E-state index contributed by atoms with van der Waals surface area (Å²) < 4.78 is 0. The summed E-state index contributed by atoms with van der Waals surface area (Å²) in [5, 5.41) is 4.82. The van der Waals surface area contributed by atoms with Crippen molar-refractivity contribution in [1.29, 1.82) is 0 Å². The van der Waals surface area contributed by atoms with Crippen LogP contribution in [0.15, 0.2) is 0 Å². The molecular formula is C11H21ClN2O2. The number of amides is 3. The molecule has 0 heterocycles. The van der Waals surface area contributed by atoms with Crippen molar-refractivity contribution in [3.05, 3.63) is 0 Å². The highest BCUT2D eigenvalue weighted by atomic mass is 35.5. The summed E-state index contributed by atoms with van der Waals surface area (Å²) in [4.78, 5) is 22.0. The van der Waals surface area contributed by atoms with Crippen LogP contribution < -0.4 is 10.6 Å². The lowest BCUT2D eigenvalue weighted by Gasteiger charge is -2.15. The van der Waals surface area contributed by atoms with E-state index < -0.39 is 11.9 Å². The Bertz CT molecular complexity index is 222. The standard InChI is InChI=1S/C11H21ClN2O2/c1-3-5-6-9(4-2)8-13-11(16)14-10(15)7-12/h9H,3-8H2,1-2H3,(H2,13,14,15,16). The Hall–Kier alpha value is -0.770. The molecule has 0 aliphatic carbocycles. The normalized spacial score (nSPS) is 11.9. The van der Waals surface area contributed by atoms with Crippen molar-refractivity contribution in [3.8, 4) is 0 Å². The van der Waals surface area contributed by atoms with Crippen LogP contribution in [0.2, 0.25) is 0 Å². The third kappa shape index (κ3) is 7.51. The van der Waals surface area contributed by atoms with Crippen molar-refractivity contribution >= 4 is 23.5 Å². The summed E-state index contributed by atoms with van der Waals surface area (Å²) in [6.45, 7) is 4.85. The monoisotopic (exact) mass is 248 g/mol. The predicted molar refractivity (Wildman–Crippen MR) is 65.6 cm³/mol. The number of nitrogens with one attached hydrogen (secondary N) is 2. The van der Waals surface area contributed by atoms with Crippen molar-refractivity contribution < 1.29 is 9.59 Å². The quantitative estimate of drug-likeness (QED) is 0.679. The van der Waals surface area contributed by atoms with Crippen molar-refractivity contribution in [2.24, 2.45) is 5.92 Å². The summed E-state index contributed by atoms with van der Waals surface area (Å²) in [5.74, 6) is -0.182. The molecule has 0 aliphatic rings. The minimum Gasteiger partial charge on any atom is -0.338 e. The molecule has 0 aliphatic heterocycles. The summed E-state index contributed by atoms with van der Waals surface area (Å²) in [7, 11) is 0. The SMILES string of the molecule is CCCCC(CC)CNC(=O)NC(=O)CCl. The van der Waals surface area contributed by atoms with Gasteiger partial charge in [0.2, 0.25) is 5.91 Å². The molecule has 16 heavy (non-hydrogen) atoms. The number of hydrogen-bond acceptors (Lipinski definition) is 2. The molecule has 0 aromatic rings. The van der Waals surface area contributed by atoms with Gasteiger partial charge in [-0.25, -0.2) is 4.79 Å². The van der Waals surface area contributed by atoms with Crippen molar-refractivity contribution in [2.75, 3.05) is 12.4 Å². The largest absolute Gasteiger partial charge is 0.338 e. The van der Waals surface area contributed by atoms with Gasteiger partial charge in [-0.2, -0.15) is 0 Å². The van der Waals surface area contributed by atoms with E-state index in [9.17, 15) is 9.59 Å². The molecule has 2 N–H and O–H groups in total. The molecule has 0 radical (unpaired) electrons. The second-order valence-electron chi connectivity index (χ2n) is 3.81. The molecular weight excluding hydrogens is 228 g/mol. The molecule has 94 valence electrons. The van der Waals surface area contributed by atoms with Crippen LogP contribution >= 0.6 is 11.6 Å². The Balaban J connectivity index is 3.74. The number of urea groups is 1.